The molecule has 1 atom stereocenters. The summed E-state index contributed by atoms with van der Waals surface area (Å²) in [5, 5.41) is 9.72. The highest BCUT2D eigenvalue weighted by Crippen LogP contribution is 2.43. The lowest BCUT2D eigenvalue weighted by Crippen LogP contribution is -2.13. The lowest BCUT2D eigenvalue weighted by Gasteiger charge is -2.18. The van der Waals surface area contributed by atoms with E-state index in [9.17, 15) is 9.50 Å². The zero-order valence-electron chi connectivity index (χ0n) is 9.99. The summed E-state index contributed by atoms with van der Waals surface area (Å²) in [6.07, 6.45) is 0.753. The number of rotatable bonds is 5. The molecule has 1 aromatic rings. The molecule has 3 N–H and O–H groups in total. The second kappa shape index (κ2) is 6.09. The molecule has 96 valence electrons. The van der Waals surface area contributed by atoms with E-state index in [1.54, 1.807) is 6.26 Å². The Labute approximate surface area is 104 Å². The lowest BCUT2D eigenvalue weighted by molar-refractivity contribution is 0.180. The summed E-state index contributed by atoms with van der Waals surface area (Å²) in [4.78, 5) is 0.345. The van der Waals surface area contributed by atoms with Crippen molar-refractivity contribution >= 4 is 11.8 Å². The molecular formula is C11H16FNO3S. The van der Waals surface area contributed by atoms with Crippen LogP contribution in [0.2, 0.25) is 0 Å². The Balaban J connectivity index is 3.47. The molecule has 6 heteroatoms. The van der Waals surface area contributed by atoms with Gasteiger partial charge in [0.15, 0.2) is 11.5 Å². The molecule has 0 aromatic heterocycles. The van der Waals surface area contributed by atoms with Gasteiger partial charge in [0.1, 0.15) is 5.82 Å². The minimum absolute atomic E-state index is 0.0163. The first-order valence-corrected chi connectivity index (χ1v) is 6.19. The summed E-state index contributed by atoms with van der Waals surface area (Å²) in [6.45, 7) is -0.0163. The molecule has 17 heavy (non-hydrogen) atoms. The molecule has 1 unspecified atom stereocenters. The number of benzene rings is 1. The SMILES string of the molecule is COc1c(C(O)CN)cc(F)c(SC)c1OC. The lowest BCUT2D eigenvalue weighted by atomic mass is 10.1. The van der Waals surface area contributed by atoms with Crippen molar-refractivity contribution in [1.82, 2.24) is 0 Å². The maximum Gasteiger partial charge on any atom is 0.177 e. The number of aliphatic hydroxyl groups is 1. The van der Waals surface area contributed by atoms with Crippen LogP contribution >= 0.6 is 11.8 Å². The molecule has 0 aliphatic rings. The molecule has 0 aliphatic heterocycles. The van der Waals surface area contributed by atoms with E-state index in [0.29, 0.717) is 16.2 Å². The molecule has 0 saturated carbocycles. The van der Waals surface area contributed by atoms with Gasteiger partial charge in [-0.2, -0.15) is 0 Å². The van der Waals surface area contributed by atoms with Crippen molar-refractivity contribution in [2.45, 2.75) is 11.0 Å². The maximum atomic E-state index is 13.8. The third kappa shape index (κ3) is 2.65. The predicted octanol–water partition coefficient (Wildman–Crippen LogP) is 1.56. The van der Waals surface area contributed by atoms with Crippen LogP contribution in [0.4, 0.5) is 4.39 Å². The molecule has 0 aliphatic carbocycles. The topological polar surface area (TPSA) is 64.7 Å². The minimum atomic E-state index is -0.982. The third-order valence-corrected chi connectivity index (χ3v) is 3.16. The van der Waals surface area contributed by atoms with E-state index >= 15 is 0 Å². The smallest absolute Gasteiger partial charge is 0.177 e. The van der Waals surface area contributed by atoms with Gasteiger partial charge in [-0.15, -0.1) is 11.8 Å². The number of ether oxygens (including phenoxy) is 2. The number of aliphatic hydroxyl groups excluding tert-OH is 1. The summed E-state index contributed by atoms with van der Waals surface area (Å²) in [5.41, 5.74) is 5.66. The monoisotopic (exact) mass is 261 g/mol. The van der Waals surface area contributed by atoms with Crippen LogP contribution in [-0.2, 0) is 0 Å². The molecule has 0 saturated heterocycles. The van der Waals surface area contributed by atoms with Gasteiger partial charge in [-0.3, -0.25) is 0 Å². The van der Waals surface area contributed by atoms with Crippen molar-refractivity contribution in [2.75, 3.05) is 27.0 Å². The van der Waals surface area contributed by atoms with Gasteiger partial charge in [0.2, 0.25) is 0 Å². The van der Waals surface area contributed by atoms with Crippen molar-refractivity contribution < 1.29 is 19.0 Å². The summed E-state index contributed by atoms with van der Waals surface area (Å²) in [7, 11) is 2.86. The zero-order chi connectivity index (χ0) is 13.0. The Bertz CT molecular complexity index is 401. The van der Waals surface area contributed by atoms with E-state index in [2.05, 4.69) is 0 Å². The third-order valence-electron chi connectivity index (χ3n) is 2.37. The average molecular weight is 261 g/mol. The highest BCUT2D eigenvalue weighted by atomic mass is 32.2. The average Bonchev–Trinajstić information content (AvgIpc) is 2.36. The molecule has 0 heterocycles. The first-order valence-electron chi connectivity index (χ1n) is 4.97. The van der Waals surface area contributed by atoms with Crippen LogP contribution in [0.5, 0.6) is 11.5 Å². The predicted molar refractivity (Wildman–Crippen MR) is 65.3 cm³/mol. The number of nitrogens with two attached hydrogens (primary N) is 1. The second-order valence-electron chi connectivity index (χ2n) is 3.30. The summed E-state index contributed by atoms with van der Waals surface area (Å²) in [5.74, 6) is 0.136. The van der Waals surface area contributed by atoms with E-state index in [1.165, 1.54) is 32.0 Å². The quantitative estimate of drug-likeness (QED) is 0.787. The molecule has 1 rings (SSSR count). The Morgan fingerprint density at radius 3 is 2.41 bits per heavy atom. The van der Waals surface area contributed by atoms with Crippen LogP contribution in [0.15, 0.2) is 11.0 Å². The number of hydrogen-bond acceptors (Lipinski definition) is 5. The van der Waals surface area contributed by atoms with E-state index < -0.39 is 11.9 Å². The molecule has 0 fully saturated rings. The van der Waals surface area contributed by atoms with E-state index in [1.807, 2.05) is 0 Å². The first kappa shape index (κ1) is 14.1. The highest BCUT2D eigenvalue weighted by Gasteiger charge is 2.22. The van der Waals surface area contributed by atoms with Crippen molar-refractivity contribution in [3.05, 3.63) is 17.4 Å². The molecular weight excluding hydrogens is 245 g/mol. The van der Waals surface area contributed by atoms with Crippen LogP contribution in [0.1, 0.15) is 11.7 Å². The molecule has 0 spiro atoms. The van der Waals surface area contributed by atoms with Gasteiger partial charge in [0.05, 0.1) is 25.2 Å². The fourth-order valence-corrected chi connectivity index (χ4v) is 2.19. The van der Waals surface area contributed by atoms with Crippen LogP contribution in [0.25, 0.3) is 0 Å². The molecule has 0 amide bonds. The van der Waals surface area contributed by atoms with Gasteiger partial charge in [-0.25, -0.2) is 4.39 Å². The Hall–Kier alpha value is -0.980. The minimum Gasteiger partial charge on any atom is -0.492 e. The van der Waals surface area contributed by atoms with Gasteiger partial charge in [-0.1, -0.05) is 0 Å². The van der Waals surface area contributed by atoms with E-state index in [4.69, 9.17) is 15.2 Å². The standard InChI is InChI=1S/C11H16FNO3S/c1-15-9-6(8(14)5-13)4-7(12)11(17-3)10(9)16-2/h4,8,14H,5,13H2,1-3H3. The largest absolute Gasteiger partial charge is 0.492 e. The van der Waals surface area contributed by atoms with Gasteiger partial charge in [0.25, 0.3) is 0 Å². The van der Waals surface area contributed by atoms with E-state index in [-0.39, 0.29) is 12.3 Å². The Kier molecular flexibility index (Phi) is 5.04. The first-order chi connectivity index (χ1) is 8.10. The summed E-state index contributed by atoms with van der Waals surface area (Å²) in [6, 6.07) is 1.23. The molecule has 0 radical (unpaired) electrons. The highest BCUT2D eigenvalue weighted by molar-refractivity contribution is 7.98. The number of thioether (sulfide) groups is 1. The Morgan fingerprint density at radius 2 is 2.00 bits per heavy atom. The van der Waals surface area contributed by atoms with Crippen LogP contribution in [0.3, 0.4) is 0 Å². The summed E-state index contributed by atoms with van der Waals surface area (Å²) < 4.78 is 24.1. The van der Waals surface area contributed by atoms with Crippen molar-refractivity contribution in [3.8, 4) is 11.5 Å². The molecule has 1 aromatic carbocycles. The number of methoxy groups -OCH3 is 2. The van der Waals surface area contributed by atoms with Gasteiger partial charge in [-0.05, 0) is 12.3 Å². The van der Waals surface area contributed by atoms with Gasteiger partial charge < -0.3 is 20.3 Å². The zero-order valence-corrected chi connectivity index (χ0v) is 10.8. The fraction of sp³-hybridized carbons (Fsp3) is 0.455. The molecule has 0 bridgehead atoms. The van der Waals surface area contributed by atoms with Crippen LogP contribution in [-0.4, -0.2) is 32.1 Å². The normalized spacial score (nSPS) is 12.4. The maximum absolute atomic E-state index is 13.8. The van der Waals surface area contributed by atoms with Crippen molar-refractivity contribution in [2.24, 2.45) is 5.73 Å². The van der Waals surface area contributed by atoms with Crippen molar-refractivity contribution in [3.63, 3.8) is 0 Å². The molecule has 4 nitrogen and oxygen atoms in total. The summed E-state index contributed by atoms with van der Waals surface area (Å²) >= 11 is 1.21. The number of halogens is 1. The van der Waals surface area contributed by atoms with Crippen LogP contribution < -0.4 is 15.2 Å². The number of hydrogen-bond donors (Lipinski definition) is 2. The fourth-order valence-electron chi connectivity index (χ4n) is 1.57. The van der Waals surface area contributed by atoms with Crippen molar-refractivity contribution in [1.29, 1.82) is 0 Å². The second-order valence-corrected chi connectivity index (χ2v) is 4.12. The van der Waals surface area contributed by atoms with E-state index in [0.717, 1.165) is 0 Å². The Morgan fingerprint density at radius 1 is 1.41 bits per heavy atom. The van der Waals surface area contributed by atoms with Gasteiger partial charge >= 0.3 is 0 Å². The van der Waals surface area contributed by atoms with Crippen LogP contribution in [0, 0.1) is 5.82 Å². The van der Waals surface area contributed by atoms with Gasteiger partial charge in [0, 0.05) is 12.1 Å².